The van der Waals surface area contributed by atoms with Crippen LogP contribution < -0.4 is 16.5 Å². The van der Waals surface area contributed by atoms with Crippen molar-refractivity contribution in [2.24, 2.45) is 11.5 Å². The van der Waals surface area contributed by atoms with E-state index in [1.807, 2.05) is 0 Å². The first-order chi connectivity index (χ1) is 3.18. The molecule has 44 valence electrons. The molecule has 0 aromatic heterocycles. The van der Waals surface area contributed by atoms with Gasteiger partial charge in [-0.05, 0) is 0 Å². The summed E-state index contributed by atoms with van der Waals surface area (Å²) < 4.78 is 0. The SMILES string of the molecule is C[NH+]([O-])C(N)CN. The van der Waals surface area contributed by atoms with E-state index in [4.69, 9.17) is 11.5 Å². The summed E-state index contributed by atoms with van der Waals surface area (Å²) in [5.41, 5.74) is 10.2. The molecule has 0 spiro atoms. The van der Waals surface area contributed by atoms with Crippen molar-refractivity contribution < 1.29 is 5.06 Å². The molecule has 0 saturated heterocycles. The second-order valence-corrected chi connectivity index (χ2v) is 1.45. The number of hydrogen-bond acceptors (Lipinski definition) is 3. The Morgan fingerprint density at radius 1 is 1.86 bits per heavy atom. The third kappa shape index (κ3) is 2.52. The van der Waals surface area contributed by atoms with Crippen LogP contribution >= 0.6 is 0 Å². The fourth-order valence-electron chi connectivity index (χ4n) is 0.166. The van der Waals surface area contributed by atoms with Crippen molar-refractivity contribution in [1.82, 2.24) is 0 Å². The fourth-order valence-corrected chi connectivity index (χ4v) is 0.166. The van der Waals surface area contributed by atoms with Crippen LogP contribution in [-0.2, 0) is 0 Å². The molecule has 0 aromatic carbocycles. The van der Waals surface area contributed by atoms with Crippen molar-refractivity contribution in [3.63, 3.8) is 0 Å². The van der Waals surface area contributed by atoms with Crippen LogP contribution in [0.4, 0.5) is 0 Å². The van der Waals surface area contributed by atoms with Gasteiger partial charge in [0.05, 0.1) is 13.6 Å². The van der Waals surface area contributed by atoms with E-state index in [2.05, 4.69) is 0 Å². The summed E-state index contributed by atoms with van der Waals surface area (Å²) in [6.07, 6.45) is -0.458. The largest absolute Gasteiger partial charge is 0.633 e. The molecule has 0 aliphatic carbocycles. The zero-order valence-corrected chi connectivity index (χ0v) is 4.35. The smallest absolute Gasteiger partial charge is 0.150 e. The van der Waals surface area contributed by atoms with E-state index in [1.54, 1.807) is 0 Å². The number of quaternary nitrogens is 1. The summed E-state index contributed by atoms with van der Waals surface area (Å²) in [4.78, 5) is 0. The topological polar surface area (TPSA) is 79.5 Å². The molecule has 0 saturated carbocycles. The number of rotatable bonds is 2. The number of nitrogens with one attached hydrogen (secondary N) is 1. The first kappa shape index (κ1) is 6.84. The number of nitrogens with two attached hydrogens (primary N) is 2. The van der Waals surface area contributed by atoms with Gasteiger partial charge in [-0.25, -0.2) is 0 Å². The minimum atomic E-state index is -0.458. The van der Waals surface area contributed by atoms with Crippen LogP contribution in [0.25, 0.3) is 0 Å². The zero-order chi connectivity index (χ0) is 5.86. The summed E-state index contributed by atoms with van der Waals surface area (Å²) in [6.45, 7) is 0.245. The predicted molar refractivity (Wildman–Crippen MR) is 27.3 cm³/mol. The van der Waals surface area contributed by atoms with E-state index in [9.17, 15) is 5.21 Å². The molecule has 0 fully saturated rings. The van der Waals surface area contributed by atoms with Gasteiger partial charge in [-0.2, -0.15) is 0 Å². The van der Waals surface area contributed by atoms with Crippen molar-refractivity contribution in [2.45, 2.75) is 6.17 Å². The molecule has 2 atom stereocenters. The molecular weight excluding hydrogens is 94.1 g/mol. The first-order valence-electron chi connectivity index (χ1n) is 2.14. The van der Waals surface area contributed by atoms with Gasteiger partial charge in [0.1, 0.15) is 0 Å². The number of hydroxylamine groups is 2. The Bertz CT molecular complexity index is 47.4. The quantitative estimate of drug-likeness (QED) is 0.263. The van der Waals surface area contributed by atoms with Crippen molar-refractivity contribution in [1.29, 1.82) is 0 Å². The van der Waals surface area contributed by atoms with E-state index >= 15 is 0 Å². The van der Waals surface area contributed by atoms with E-state index in [0.717, 1.165) is 0 Å². The highest BCUT2D eigenvalue weighted by atomic mass is 16.5. The summed E-state index contributed by atoms with van der Waals surface area (Å²) in [7, 11) is 1.43. The lowest BCUT2D eigenvalue weighted by molar-refractivity contribution is -0.852. The highest BCUT2D eigenvalue weighted by Gasteiger charge is 1.98. The maximum atomic E-state index is 10.2. The van der Waals surface area contributed by atoms with Crippen molar-refractivity contribution in [3.05, 3.63) is 5.21 Å². The van der Waals surface area contributed by atoms with E-state index in [1.165, 1.54) is 7.05 Å². The average Bonchev–Trinajstić information content (AvgIpc) is 1.65. The second-order valence-electron chi connectivity index (χ2n) is 1.45. The number of likely N-dealkylation sites (N-methyl/N-ethyl adjacent to an activating group) is 1. The molecule has 2 unspecified atom stereocenters. The van der Waals surface area contributed by atoms with Gasteiger partial charge in [0.25, 0.3) is 0 Å². The third-order valence-electron chi connectivity index (χ3n) is 0.776. The van der Waals surface area contributed by atoms with Crippen LogP contribution in [0, 0.1) is 5.21 Å². The summed E-state index contributed by atoms with van der Waals surface area (Å²) in [5.74, 6) is 0. The molecule has 4 heteroatoms. The van der Waals surface area contributed by atoms with Gasteiger partial charge in [0.2, 0.25) is 0 Å². The summed E-state index contributed by atoms with van der Waals surface area (Å²) in [6, 6.07) is 0. The van der Waals surface area contributed by atoms with Gasteiger partial charge in [-0.15, -0.1) is 0 Å². The highest BCUT2D eigenvalue weighted by Crippen LogP contribution is 1.47. The molecule has 0 amide bonds. The van der Waals surface area contributed by atoms with Gasteiger partial charge < -0.3 is 16.0 Å². The van der Waals surface area contributed by atoms with Crippen molar-refractivity contribution in [2.75, 3.05) is 13.6 Å². The van der Waals surface area contributed by atoms with Gasteiger partial charge in [0.15, 0.2) is 6.17 Å². The minimum absolute atomic E-state index is 0.0532. The van der Waals surface area contributed by atoms with E-state index < -0.39 is 6.17 Å². The zero-order valence-electron chi connectivity index (χ0n) is 4.35. The summed E-state index contributed by atoms with van der Waals surface area (Å²) in [5, 5.41) is 10.1. The molecule has 0 aromatic rings. The van der Waals surface area contributed by atoms with Crippen LogP contribution in [0.15, 0.2) is 0 Å². The monoisotopic (exact) mass is 105 g/mol. The second kappa shape index (κ2) is 2.92. The Kier molecular flexibility index (Phi) is 2.86. The first-order valence-corrected chi connectivity index (χ1v) is 2.14. The Balaban J connectivity index is 3.14. The van der Waals surface area contributed by atoms with Gasteiger partial charge >= 0.3 is 0 Å². The van der Waals surface area contributed by atoms with Crippen LogP contribution in [0.5, 0.6) is 0 Å². The highest BCUT2D eigenvalue weighted by molar-refractivity contribution is 4.40. The minimum Gasteiger partial charge on any atom is -0.633 e. The van der Waals surface area contributed by atoms with Crippen LogP contribution in [0.3, 0.4) is 0 Å². The van der Waals surface area contributed by atoms with Crippen molar-refractivity contribution >= 4 is 0 Å². The van der Waals surface area contributed by atoms with Gasteiger partial charge in [0, 0.05) is 0 Å². The van der Waals surface area contributed by atoms with E-state index in [-0.39, 0.29) is 11.6 Å². The Hall–Kier alpha value is -0.160. The molecule has 0 radical (unpaired) electrons. The molecule has 0 heterocycles. The summed E-state index contributed by atoms with van der Waals surface area (Å²) >= 11 is 0. The normalized spacial score (nSPS) is 18.9. The maximum absolute atomic E-state index is 10.2. The lowest BCUT2D eigenvalue weighted by Gasteiger charge is -2.21. The van der Waals surface area contributed by atoms with Gasteiger partial charge in [-0.1, -0.05) is 0 Å². The molecule has 0 rings (SSSR count). The molecule has 0 bridgehead atoms. The van der Waals surface area contributed by atoms with Crippen LogP contribution in [0.1, 0.15) is 0 Å². The average molecular weight is 105 g/mol. The van der Waals surface area contributed by atoms with E-state index in [0.29, 0.717) is 0 Å². The maximum Gasteiger partial charge on any atom is 0.150 e. The third-order valence-corrected chi connectivity index (χ3v) is 0.776. The van der Waals surface area contributed by atoms with Gasteiger partial charge in [-0.3, -0.25) is 5.73 Å². The van der Waals surface area contributed by atoms with Crippen LogP contribution in [-0.4, -0.2) is 19.8 Å². The Morgan fingerprint density at radius 2 is 2.29 bits per heavy atom. The predicted octanol–water partition coefficient (Wildman–Crippen LogP) is -2.76. The van der Waals surface area contributed by atoms with Crippen molar-refractivity contribution in [3.8, 4) is 0 Å². The lowest BCUT2D eigenvalue weighted by Crippen LogP contribution is -3.11. The Morgan fingerprint density at radius 3 is 2.29 bits per heavy atom. The Labute approximate surface area is 42.7 Å². The molecule has 5 N–H and O–H groups in total. The molecule has 0 aliphatic rings. The molecule has 0 aliphatic heterocycles. The lowest BCUT2D eigenvalue weighted by atomic mass is 10.5. The standard InChI is InChI=1S/C3H11N3O/c1-6(7)3(5)2-4/h3,6H,2,4-5H2,1H3. The number of hydrogen-bond donors (Lipinski definition) is 3. The fraction of sp³-hybridized carbons (Fsp3) is 1.00. The molecule has 4 nitrogen and oxygen atoms in total. The van der Waals surface area contributed by atoms with Crippen LogP contribution in [0.2, 0.25) is 0 Å². The molecule has 7 heavy (non-hydrogen) atoms. The molecular formula is C3H11N3O.